The fourth-order valence-corrected chi connectivity index (χ4v) is 3.90. The lowest BCUT2D eigenvalue weighted by atomic mass is 9.71. The average molecular weight is 250 g/mol. The highest BCUT2D eigenvalue weighted by atomic mass is 16.5. The van der Waals surface area contributed by atoms with Crippen molar-refractivity contribution in [2.45, 2.75) is 26.7 Å². The summed E-state index contributed by atoms with van der Waals surface area (Å²) in [5, 5.41) is 9.52. The molecule has 4 nitrogen and oxygen atoms in total. The van der Waals surface area contributed by atoms with Gasteiger partial charge in [0.2, 0.25) is 0 Å². The summed E-state index contributed by atoms with van der Waals surface area (Å²) in [4.78, 5) is 23.9. The largest absolute Gasteiger partial charge is 0.457 e. The third kappa shape index (κ3) is 1.41. The van der Waals surface area contributed by atoms with Crippen LogP contribution in [0.15, 0.2) is 11.1 Å². The van der Waals surface area contributed by atoms with Gasteiger partial charge in [-0.15, -0.1) is 0 Å². The molecule has 3 rings (SSSR count). The zero-order chi connectivity index (χ0) is 13.1. The van der Waals surface area contributed by atoms with Gasteiger partial charge in [0.1, 0.15) is 12.2 Å². The van der Waals surface area contributed by atoms with E-state index in [9.17, 15) is 14.7 Å². The molecular weight excluding hydrogens is 232 g/mol. The van der Waals surface area contributed by atoms with E-state index in [2.05, 4.69) is 6.92 Å². The quantitative estimate of drug-likeness (QED) is 0.559. The maximum absolute atomic E-state index is 12.2. The van der Waals surface area contributed by atoms with E-state index in [0.29, 0.717) is 5.57 Å². The Bertz CT molecular complexity index is 464. The van der Waals surface area contributed by atoms with Gasteiger partial charge in [-0.05, 0) is 35.7 Å². The maximum atomic E-state index is 12.2. The zero-order valence-corrected chi connectivity index (χ0v) is 10.7. The standard InChI is InChI=1S/C14H18O4/c1-7-8-3-14(2,6-15)4-9(8)10-5-18-13(17)11(10)12(7)16/h7-9,15H,3-6H2,1-2H3/t7-,8+,9+,14-/m0/s1. The number of hydrogen-bond acceptors (Lipinski definition) is 4. The second-order valence-electron chi connectivity index (χ2n) is 6.28. The van der Waals surface area contributed by atoms with Gasteiger partial charge in [0, 0.05) is 12.5 Å². The van der Waals surface area contributed by atoms with Crippen LogP contribution in [0.5, 0.6) is 0 Å². The van der Waals surface area contributed by atoms with Gasteiger partial charge in [-0.1, -0.05) is 13.8 Å². The molecule has 0 aromatic rings. The van der Waals surface area contributed by atoms with Gasteiger partial charge < -0.3 is 9.84 Å². The van der Waals surface area contributed by atoms with Crippen molar-refractivity contribution in [2.24, 2.45) is 23.2 Å². The van der Waals surface area contributed by atoms with Crippen molar-refractivity contribution in [3.8, 4) is 0 Å². The number of aliphatic hydroxyl groups is 1. The van der Waals surface area contributed by atoms with E-state index in [1.54, 1.807) is 0 Å². The van der Waals surface area contributed by atoms with E-state index >= 15 is 0 Å². The van der Waals surface area contributed by atoms with Gasteiger partial charge >= 0.3 is 5.97 Å². The van der Waals surface area contributed by atoms with E-state index in [1.165, 1.54) is 0 Å². The summed E-state index contributed by atoms with van der Waals surface area (Å²) >= 11 is 0. The number of carbonyl (C=O) groups excluding carboxylic acids is 2. The van der Waals surface area contributed by atoms with E-state index in [1.807, 2.05) is 6.92 Å². The lowest BCUT2D eigenvalue weighted by Crippen LogP contribution is -2.33. The number of carbonyl (C=O) groups is 2. The molecule has 0 aromatic carbocycles. The Hall–Kier alpha value is -1.16. The highest BCUT2D eigenvalue weighted by molar-refractivity contribution is 6.20. The lowest BCUT2D eigenvalue weighted by molar-refractivity contribution is -0.137. The summed E-state index contributed by atoms with van der Waals surface area (Å²) in [7, 11) is 0. The molecule has 1 N–H and O–H groups in total. The first-order valence-corrected chi connectivity index (χ1v) is 6.52. The van der Waals surface area contributed by atoms with Crippen molar-refractivity contribution in [3.05, 3.63) is 11.1 Å². The number of Topliss-reactive ketones (excluding diaryl/α,β-unsaturated/α-hetero) is 1. The first-order valence-electron chi connectivity index (χ1n) is 6.52. The molecule has 1 saturated carbocycles. The van der Waals surface area contributed by atoms with E-state index in [-0.39, 0.29) is 42.2 Å². The summed E-state index contributed by atoms with van der Waals surface area (Å²) in [6.45, 7) is 4.37. The predicted molar refractivity (Wildman–Crippen MR) is 63.6 cm³/mol. The van der Waals surface area contributed by atoms with Crippen LogP contribution in [-0.2, 0) is 14.3 Å². The van der Waals surface area contributed by atoms with Crippen LogP contribution < -0.4 is 0 Å². The molecule has 1 heterocycles. The average Bonchev–Trinajstić information content (AvgIpc) is 2.88. The van der Waals surface area contributed by atoms with Crippen LogP contribution in [0.25, 0.3) is 0 Å². The summed E-state index contributed by atoms with van der Waals surface area (Å²) in [6, 6.07) is 0. The number of fused-ring (bicyclic) bond motifs is 2. The molecule has 4 heteroatoms. The second kappa shape index (κ2) is 3.67. The molecular formula is C14H18O4. The molecule has 0 radical (unpaired) electrons. The van der Waals surface area contributed by atoms with Crippen LogP contribution >= 0.6 is 0 Å². The highest BCUT2D eigenvalue weighted by Gasteiger charge is 2.53. The summed E-state index contributed by atoms with van der Waals surface area (Å²) in [5.74, 6) is -0.152. The van der Waals surface area contributed by atoms with E-state index < -0.39 is 5.97 Å². The minimum Gasteiger partial charge on any atom is -0.457 e. The number of ether oxygens (including phenoxy) is 1. The number of hydrogen-bond donors (Lipinski definition) is 1. The molecule has 1 aliphatic heterocycles. The van der Waals surface area contributed by atoms with Gasteiger partial charge in [0.05, 0.1) is 0 Å². The molecule has 0 bridgehead atoms. The Morgan fingerprint density at radius 2 is 2.11 bits per heavy atom. The van der Waals surface area contributed by atoms with Gasteiger partial charge in [-0.25, -0.2) is 4.79 Å². The Morgan fingerprint density at radius 1 is 1.39 bits per heavy atom. The summed E-state index contributed by atoms with van der Waals surface area (Å²) < 4.78 is 5.03. The predicted octanol–water partition coefficient (Wildman–Crippen LogP) is 1.08. The molecule has 0 amide bonds. The molecule has 1 fully saturated rings. The number of rotatable bonds is 1. The molecule has 0 saturated heterocycles. The van der Waals surface area contributed by atoms with Crippen LogP contribution in [0, 0.1) is 23.2 Å². The Balaban J connectivity index is 2.04. The molecule has 18 heavy (non-hydrogen) atoms. The lowest BCUT2D eigenvalue weighted by Gasteiger charge is -2.30. The molecule has 2 aliphatic carbocycles. The first kappa shape index (κ1) is 11.9. The van der Waals surface area contributed by atoms with Crippen LogP contribution in [0.4, 0.5) is 0 Å². The van der Waals surface area contributed by atoms with Crippen LogP contribution in [0.2, 0.25) is 0 Å². The Labute approximate surface area is 106 Å². The molecule has 0 unspecified atom stereocenters. The van der Waals surface area contributed by atoms with Crippen molar-refractivity contribution in [2.75, 3.05) is 13.2 Å². The monoisotopic (exact) mass is 250 g/mol. The third-order valence-corrected chi connectivity index (χ3v) is 4.97. The van der Waals surface area contributed by atoms with Gasteiger partial charge in [0.25, 0.3) is 0 Å². The van der Waals surface area contributed by atoms with Crippen LogP contribution in [0.1, 0.15) is 26.7 Å². The maximum Gasteiger partial charge on any atom is 0.342 e. The second-order valence-corrected chi connectivity index (χ2v) is 6.28. The SMILES string of the molecule is C[C@@H]1C(=O)C2=C(COC2=O)[C@@H]2C[C@@](C)(CO)C[C@H]12. The van der Waals surface area contributed by atoms with Crippen molar-refractivity contribution in [1.29, 1.82) is 0 Å². The van der Waals surface area contributed by atoms with E-state index in [0.717, 1.165) is 18.4 Å². The molecule has 0 spiro atoms. The van der Waals surface area contributed by atoms with Crippen molar-refractivity contribution in [1.82, 2.24) is 0 Å². The number of esters is 1. The third-order valence-electron chi connectivity index (χ3n) is 4.97. The minimum atomic E-state index is -0.446. The van der Waals surface area contributed by atoms with Crippen molar-refractivity contribution < 1.29 is 19.4 Å². The first-order chi connectivity index (χ1) is 8.47. The van der Waals surface area contributed by atoms with Crippen molar-refractivity contribution >= 4 is 11.8 Å². The van der Waals surface area contributed by atoms with Crippen LogP contribution in [-0.4, -0.2) is 30.1 Å². The molecule has 3 aliphatic rings. The molecule has 0 aromatic heterocycles. The smallest absolute Gasteiger partial charge is 0.342 e. The number of aliphatic hydroxyl groups excluding tert-OH is 1. The molecule has 4 atom stereocenters. The van der Waals surface area contributed by atoms with Gasteiger partial charge in [-0.2, -0.15) is 0 Å². The Kier molecular flexibility index (Phi) is 2.43. The zero-order valence-electron chi connectivity index (χ0n) is 10.7. The summed E-state index contributed by atoms with van der Waals surface area (Å²) in [5.41, 5.74) is 1.08. The fourth-order valence-electron chi connectivity index (χ4n) is 3.90. The number of cyclic esters (lactones) is 1. The van der Waals surface area contributed by atoms with Crippen LogP contribution in [0.3, 0.4) is 0 Å². The molecule has 98 valence electrons. The highest BCUT2D eigenvalue weighted by Crippen LogP contribution is 2.55. The minimum absolute atomic E-state index is 0.0593. The summed E-state index contributed by atoms with van der Waals surface area (Å²) in [6.07, 6.45) is 1.70. The van der Waals surface area contributed by atoms with Gasteiger partial charge in [-0.3, -0.25) is 4.79 Å². The van der Waals surface area contributed by atoms with Crippen molar-refractivity contribution in [3.63, 3.8) is 0 Å². The number of ketones is 1. The topological polar surface area (TPSA) is 63.6 Å². The normalized spacial score (nSPS) is 42.9. The van der Waals surface area contributed by atoms with E-state index in [4.69, 9.17) is 4.74 Å². The van der Waals surface area contributed by atoms with Gasteiger partial charge in [0.15, 0.2) is 5.78 Å². The Morgan fingerprint density at radius 3 is 2.78 bits per heavy atom. The fraction of sp³-hybridized carbons (Fsp3) is 0.714.